The van der Waals surface area contributed by atoms with E-state index in [1.165, 1.54) is 0 Å². The van der Waals surface area contributed by atoms with Gasteiger partial charge in [0, 0.05) is 20.7 Å². The van der Waals surface area contributed by atoms with E-state index in [2.05, 4.69) is 0 Å². The summed E-state index contributed by atoms with van der Waals surface area (Å²) in [6, 6.07) is 5.79. The molecule has 74 valence electrons. The summed E-state index contributed by atoms with van der Waals surface area (Å²) in [6.07, 6.45) is 0. The minimum atomic E-state index is -0.830. The first-order chi connectivity index (χ1) is 6.50. The van der Waals surface area contributed by atoms with E-state index in [9.17, 15) is 5.11 Å². The van der Waals surface area contributed by atoms with Gasteiger partial charge in [-0.05, 0) is 31.4 Å². The van der Waals surface area contributed by atoms with Gasteiger partial charge in [-0.25, -0.2) is 0 Å². The van der Waals surface area contributed by atoms with Crippen molar-refractivity contribution in [1.82, 2.24) is 0 Å². The molecule has 0 radical (unpaired) electrons. The SMILES string of the molecule is CC(C)(O)c1csc2cccc(Cl)c12. The number of benzene rings is 1. The summed E-state index contributed by atoms with van der Waals surface area (Å²) in [7, 11) is 0. The van der Waals surface area contributed by atoms with Gasteiger partial charge in [-0.2, -0.15) is 0 Å². The Labute approximate surface area is 91.9 Å². The van der Waals surface area contributed by atoms with Crippen LogP contribution in [0.1, 0.15) is 19.4 Å². The molecule has 0 saturated heterocycles. The number of thiophene rings is 1. The van der Waals surface area contributed by atoms with Gasteiger partial charge in [-0.1, -0.05) is 17.7 Å². The maximum absolute atomic E-state index is 9.95. The molecule has 14 heavy (non-hydrogen) atoms. The van der Waals surface area contributed by atoms with Gasteiger partial charge in [0.15, 0.2) is 0 Å². The minimum absolute atomic E-state index is 0.709. The van der Waals surface area contributed by atoms with Gasteiger partial charge in [-0.3, -0.25) is 0 Å². The number of hydrogen-bond donors (Lipinski definition) is 1. The molecule has 1 aromatic heterocycles. The first kappa shape index (κ1) is 9.97. The van der Waals surface area contributed by atoms with E-state index in [4.69, 9.17) is 11.6 Å². The summed E-state index contributed by atoms with van der Waals surface area (Å²) in [5.74, 6) is 0. The molecule has 2 aromatic rings. The first-order valence-corrected chi connectivity index (χ1v) is 5.64. The van der Waals surface area contributed by atoms with Crippen LogP contribution in [0, 0.1) is 0 Å². The van der Waals surface area contributed by atoms with E-state index in [-0.39, 0.29) is 0 Å². The van der Waals surface area contributed by atoms with Gasteiger partial charge in [-0.15, -0.1) is 11.3 Å². The van der Waals surface area contributed by atoms with Crippen molar-refractivity contribution < 1.29 is 5.11 Å². The van der Waals surface area contributed by atoms with Gasteiger partial charge < -0.3 is 5.11 Å². The monoisotopic (exact) mass is 226 g/mol. The normalized spacial score (nSPS) is 12.3. The highest BCUT2D eigenvalue weighted by Crippen LogP contribution is 2.37. The van der Waals surface area contributed by atoms with Crippen molar-refractivity contribution in [1.29, 1.82) is 0 Å². The van der Waals surface area contributed by atoms with Crippen LogP contribution >= 0.6 is 22.9 Å². The molecule has 0 aliphatic heterocycles. The lowest BCUT2D eigenvalue weighted by atomic mass is 9.98. The Morgan fingerprint density at radius 1 is 1.36 bits per heavy atom. The van der Waals surface area contributed by atoms with Crippen LogP contribution in [0.25, 0.3) is 10.1 Å². The molecule has 0 bridgehead atoms. The zero-order valence-corrected chi connectivity index (χ0v) is 9.62. The smallest absolute Gasteiger partial charge is 0.0855 e. The maximum atomic E-state index is 9.95. The molecule has 0 aliphatic carbocycles. The summed E-state index contributed by atoms with van der Waals surface area (Å²) >= 11 is 7.72. The molecule has 0 aliphatic rings. The summed E-state index contributed by atoms with van der Waals surface area (Å²) < 4.78 is 1.12. The molecule has 0 spiro atoms. The van der Waals surface area contributed by atoms with Gasteiger partial charge >= 0.3 is 0 Å². The summed E-state index contributed by atoms with van der Waals surface area (Å²) in [6.45, 7) is 3.55. The maximum Gasteiger partial charge on any atom is 0.0855 e. The topological polar surface area (TPSA) is 20.2 Å². The van der Waals surface area contributed by atoms with Crippen LogP contribution in [0.5, 0.6) is 0 Å². The standard InChI is InChI=1S/C11H11ClOS/c1-11(2,13)7-6-14-9-5-3-4-8(12)10(7)9/h3-6,13H,1-2H3. The molecule has 0 saturated carbocycles. The zero-order valence-electron chi connectivity index (χ0n) is 8.04. The van der Waals surface area contributed by atoms with E-state index < -0.39 is 5.60 Å². The quantitative estimate of drug-likeness (QED) is 0.785. The Hall–Kier alpha value is -0.570. The molecule has 2 rings (SSSR count). The second-order valence-corrected chi connectivity index (χ2v) is 5.14. The van der Waals surface area contributed by atoms with Crippen LogP contribution < -0.4 is 0 Å². The lowest BCUT2D eigenvalue weighted by Gasteiger charge is -2.16. The number of hydrogen-bond acceptors (Lipinski definition) is 2. The molecule has 0 amide bonds. The van der Waals surface area contributed by atoms with Crippen molar-refractivity contribution >= 4 is 33.0 Å². The molecular weight excluding hydrogens is 216 g/mol. The predicted octanol–water partition coefficient (Wildman–Crippen LogP) is 3.78. The molecule has 0 fully saturated rings. The largest absolute Gasteiger partial charge is 0.386 e. The second kappa shape index (κ2) is 3.23. The second-order valence-electron chi connectivity index (χ2n) is 3.82. The molecule has 1 N–H and O–H groups in total. The fourth-order valence-electron chi connectivity index (χ4n) is 1.50. The van der Waals surface area contributed by atoms with Crippen molar-refractivity contribution in [3.63, 3.8) is 0 Å². The number of rotatable bonds is 1. The van der Waals surface area contributed by atoms with Crippen LogP contribution in [-0.2, 0) is 5.60 Å². The Balaban J connectivity index is 2.80. The van der Waals surface area contributed by atoms with Gasteiger partial charge in [0.25, 0.3) is 0 Å². The lowest BCUT2D eigenvalue weighted by molar-refractivity contribution is 0.0806. The average molecular weight is 227 g/mol. The van der Waals surface area contributed by atoms with E-state index in [0.717, 1.165) is 15.6 Å². The fourth-order valence-corrected chi connectivity index (χ4v) is 2.97. The third kappa shape index (κ3) is 1.54. The van der Waals surface area contributed by atoms with Crippen molar-refractivity contribution in [3.05, 3.63) is 34.2 Å². The van der Waals surface area contributed by atoms with E-state index in [1.807, 2.05) is 23.6 Å². The van der Waals surface area contributed by atoms with Crippen molar-refractivity contribution in [3.8, 4) is 0 Å². The molecule has 1 heterocycles. The van der Waals surface area contributed by atoms with Crippen molar-refractivity contribution in [2.45, 2.75) is 19.4 Å². The van der Waals surface area contributed by atoms with E-state index >= 15 is 0 Å². The Morgan fingerprint density at radius 3 is 2.71 bits per heavy atom. The Morgan fingerprint density at radius 2 is 2.07 bits per heavy atom. The number of halogens is 1. The molecule has 1 aromatic carbocycles. The molecule has 1 nitrogen and oxygen atoms in total. The minimum Gasteiger partial charge on any atom is -0.386 e. The van der Waals surface area contributed by atoms with E-state index in [0.29, 0.717) is 5.02 Å². The van der Waals surface area contributed by atoms with Crippen LogP contribution in [-0.4, -0.2) is 5.11 Å². The number of fused-ring (bicyclic) bond motifs is 1. The van der Waals surface area contributed by atoms with Crippen LogP contribution in [0.3, 0.4) is 0 Å². The zero-order chi connectivity index (χ0) is 10.3. The van der Waals surface area contributed by atoms with Gasteiger partial charge in [0.05, 0.1) is 5.60 Å². The van der Waals surface area contributed by atoms with Crippen molar-refractivity contribution in [2.24, 2.45) is 0 Å². The Bertz CT molecular complexity index is 468. The summed E-state index contributed by atoms with van der Waals surface area (Å²) in [5.41, 5.74) is 0.0755. The summed E-state index contributed by atoms with van der Waals surface area (Å²) in [5, 5.41) is 13.6. The fraction of sp³-hybridized carbons (Fsp3) is 0.273. The highest BCUT2D eigenvalue weighted by atomic mass is 35.5. The average Bonchev–Trinajstić information content (AvgIpc) is 2.47. The van der Waals surface area contributed by atoms with Gasteiger partial charge in [0.1, 0.15) is 0 Å². The Kier molecular flexibility index (Phi) is 2.30. The predicted molar refractivity (Wildman–Crippen MR) is 62.1 cm³/mol. The lowest BCUT2D eigenvalue weighted by Crippen LogP contribution is -2.14. The number of aliphatic hydroxyl groups is 1. The van der Waals surface area contributed by atoms with Crippen LogP contribution in [0.15, 0.2) is 23.6 Å². The van der Waals surface area contributed by atoms with Crippen LogP contribution in [0.2, 0.25) is 5.02 Å². The molecule has 0 atom stereocenters. The third-order valence-electron chi connectivity index (χ3n) is 2.21. The highest BCUT2D eigenvalue weighted by Gasteiger charge is 2.21. The van der Waals surface area contributed by atoms with Gasteiger partial charge in [0.2, 0.25) is 0 Å². The van der Waals surface area contributed by atoms with Crippen molar-refractivity contribution in [2.75, 3.05) is 0 Å². The molecule has 3 heteroatoms. The highest BCUT2D eigenvalue weighted by molar-refractivity contribution is 7.17. The third-order valence-corrected chi connectivity index (χ3v) is 3.47. The molecular formula is C11H11ClOS. The van der Waals surface area contributed by atoms with E-state index in [1.54, 1.807) is 25.2 Å². The molecule has 0 unspecified atom stereocenters. The summed E-state index contributed by atoms with van der Waals surface area (Å²) in [4.78, 5) is 0. The van der Waals surface area contributed by atoms with Crippen LogP contribution in [0.4, 0.5) is 0 Å². The first-order valence-electron chi connectivity index (χ1n) is 4.39.